The minimum absolute atomic E-state index is 0.0995. The molecular weight excluding hydrogens is 338 g/mol. The van der Waals surface area contributed by atoms with E-state index in [1.807, 2.05) is 48.5 Å². The number of carbonyl (C=O) groups is 1. The van der Waals surface area contributed by atoms with Crippen LogP contribution >= 0.6 is 0 Å². The van der Waals surface area contributed by atoms with Crippen molar-refractivity contribution in [3.8, 4) is 5.75 Å². The lowest BCUT2D eigenvalue weighted by Crippen LogP contribution is -2.17. The summed E-state index contributed by atoms with van der Waals surface area (Å²) in [7, 11) is 0. The second-order valence-corrected chi connectivity index (χ2v) is 6.82. The van der Waals surface area contributed by atoms with Crippen LogP contribution in [0.15, 0.2) is 66.7 Å². The molecule has 0 spiro atoms. The zero-order chi connectivity index (χ0) is 19.1. The Labute approximate surface area is 159 Å². The minimum atomic E-state index is -0.346. The van der Waals surface area contributed by atoms with Crippen molar-refractivity contribution in [2.75, 3.05) is 0 Å². The number of phenolic OH excluding ortho intramolecular Hbond substituents is 1. The monoisotopic (exact) mass is 363 g/mol. The summed E-state index contributed by atoms with van der Waals surface area (Å²) in [5, 5.41) is 21.4. The number of nitrogens with one attached hydrogen (secondary N) is 1. The van der Waals surface area contributed by atoms with E-state index in [0.29, 0.717) is 12.2 Å². The summed E-state index contributed by atoms with van der Waals surface area (Å²) in [5.74, 6) is 0.103. The molecule has 4 heteroatoms. The molecule has 3 aromatic carbocycles. The van der Waals surface area contributed by atoms with Crippen molar-refractivity contribution in [1.29, 1.82) is 0 Å². The Balaban J connectivity index is 1.81. The van der Waals surface area contributed by atoms with Crippen LogP contribution in [0.2, 0.25) is 0 Å². The lowest BCUT2D eigenvalue weighted by Gasteiger charge is -2.20. The third-order valence-electron chi connectivity index (χ3n) is 5.03. The number of hydroxylamine groups is 1. The van der Waals surface area contributed by atoms with Gasteiger partial charge in [0.1, 0.15) is 5.75 Å². The molecule has 1 amide bonds. The van der Waals surface area contributed by atoms with Gasteiger partial charge in [-0.25, -0.2) is 5.48 Å². The maximum Gasteiger partial charge on any atom is 0.243 e. The lowest BCUT2D eigenvalue weighted by atomic mass is 9.85. The number of amides is 1. The average molecular weight is 363 g/mol. The average Bonchev–Trinajstić information content (AvgIpc) is 2.72. The maximum atomic E-state index is 11.1. The van der Waals surface area contributed by atoms with Crippen LogP contribution in [0.4, 0.5) is 0 Å². The number of fused-ring (bicyclic) bond motifs is 1. The van der Waals surface area contributed by atoms with Gasteiger partial charge in [0.15, 0.2) is 0 Å². The highest BCUT2D eigenvalue weighted by atomic mass is 16.5. The van der Waals surface area contributed by atoms with Crippen LogP contribution in [-0.2, 0) is 4.79 Å². The molecule has 0 radical (unpaired) electrons. The van der Waals surface area contributed by atoms with Crippen LogP contribution in [0.3, 0.4) is 0 Å². The number of aromatic hydroxyl groups is 1. The molecule has 140 valence electrons. The summed E-state index contributed by atoms with van der Waals surface area (Å²) in [6, 6.07) is 22.2. The molecule has 0 bridgehead atoms. The van der Waals surface area contributed by atoms with Crippen LogP contribution in [0.25, 0.3) is 10.8 Å². The second kappa shape index (κ2) is 9.19. The van der Waals surface area contributed by atoms with E-state index in [0.717, 1.165) is 42.0 Å². The molecular formula is C23H25NO3. The highest BCUT2D eigenvalue weighted by Gasteiger charge is 2.19. The Kier molecular flexibility index (Phi) is 6.44. The van der Waals surface area contributed by atoms with Crippen molar-refractivity contribution in [2.45, 2.75) is 38.0 Å². The second-order valence-electron chi connectivity index (χ2n) is 6.82. The molecule has 0 aliphatic carbocycles. The van der Waals surface area contributed by atoms with E-state index in [1.165, 1.54) is 5.56 Å². The van der Waals surface area contributed by atoms with Crippen molar-refractivity contribution >= 4 is 16.7 Å². The number of carbonyl (C=O) groups excluding carboxylic acids is 1. The maximum absolute atomic E-state index is 11.1. The number of hydrogen-bond acceptors (Lipinski definition) is 3. The predicted molar refractivity (Wildman–Crippen MR) is 107 cm³/mol. The zero-order valence-corrected chi connectivity index (χ0v) is 15.3. The van der Waals surface area contributed by atoms with Crippen LogP contribution < -0.4 is 5.48 Å². The molecule has 1 atom stereocenters. The first-order valence-corrected chi connectivity index (χ1v) is 9.39. The van der Waals surface area contributed by atoms with Crippen LogP contribution in [0.5, 0.6) is 5.75 Å². The zero-order valence-electron chi connectivity index (χ0n) is 15.3. The number of rotatable bonds is 8. The molecule has 3 aromatic rings. The lowest BCUT2D eigenvalue weighted by molar-refractivity contribution is -0.129. The summed E-state index contributed by atoms with van der Waals surface area (Å²) < 4.78 is 0. The number of hydrogen-bond donors (Lipinski definition) is 3. The van der Waals surface area contributed by atoms with E-state index in [-0.39, 0.29) is 11.8 Å². The normalized spacial score (nSPS) is 12.0. The van der Waals surface area contributed by atoms with Crippen molar-refractivity contribution in [3.63, 3.8) is 0 Å². The van der Waals surface area contributed by atoms with Gasteiger partial charge in [0.25, 0.3) is 0 Å². The van der Waals surface area contributed by atoms with Gasteiger partial charge in [-0.05, 0) is 23.8 Å². The van der Waals surface area contributed by atoms with Gasteiger partial charge in [0.05, 0.1) is 0 Å². The fourth-order valence-corrected chi connectivity index (χ4v) is 3.61. The van der Waals surface area contributed by atoms with E-state index in [9.17, 15) is 9.90 Å². The molecule has 0 fully saturated rings. The minimum Gasteiger partial charge on any atom is -0.507 e. The highest BCUT2D eigenvalue weighted by Crippen LogP contribution is 2.39. The summed E-state index contributed by atoms with van der Waals surface area (Å²) in [5.41, 5.74) is 3.78. The molecule has 27 heavy (non-hydrogen) atoms. The van der Waals surface area contributed by atoms with Crippen molar-refractivity contribution in [1.82, 2.24) is 5.48 Å². The third kappa shape index (κ3) is 4.66. The van der Waals surface area contributed by atoms with Gasteiger partial charge in [-0.2, -0.15) is 0 Å². The number of phenols is 1. The first kappa shape index (κ1) is 18.9. The molecule has 0 heterocycles. The van der Waals surface area contributed by atoms with Gasteiger partial charge in [-0.1, -0.05) is 79.6 Å². The summed E-state index contributed by atoms with van der Waals surface area (Å²) in [4.78, 5) is 11.1. The Morgan fingerprint density at radius 3 is 2.41 bits per heavy atom. The molecule has 3 rings (SSSR count). The molecule has 1 unspecified atom stereocenters. The fourth-order valence-electron chi connectivity index (χ4n) is 3.61. The summed E-state index contributed by atoms with van der Waals surface area (Å²) in [6.45, 7) is 0. The first-order chi connectivity index (χ1) is 13.2. The Bertz CT molecular complexity index is 893. The van der Waals surface area contributed by atoms with Gasteiger partial charge in [0, 0.05) is 23.3 Å². The SMILES string of the molecule is O=C(CCCCCC(c1ccccc1)c1ccc2ccccc2c1O)NO. The van der Waals surface area contributed by atoms with Gasteiger partial charge in [0.2, 0.25) is 5.91 Å². The molecule has 0 aliphatic heterocycles. The fraction of sp³-hybridized carbons (Fsp3) is 0.261. The highest BCUT2D eigenvalue weighted by molar-refractivity contribution is 5.89. The molecule has 0 saturated heterocycles. The van der Waals surface area contributed by atoms with Gasteiger partial charge in [-0.3, -0.25) is 10.0 Å². The van der Waals surface area contributed by atoms with Gasteiger partial charge in [-0.15, -0.1) is 0 Å². The molecule has 0 aliphatic rings. The number of benzene rings is 3. The van der Waals surface area contributed by atoms with E-state index >= 15 is 0 Å². The van der Waals surface area contributed by atoms with Crippen LogP contribution in [-0.4, -0.2) is 16.2 Å². The van der Waals surface area contributed by atoms with E-state index in [2.05, 4.69) is 18.2 Å². The van der Waals surface area contributed by atoms with E-state index in [4.69, 9.17) is 5.21 Å². The topological polar surface area (TPSA) is 69.6 Å². The smallest absolute Gasteiger partial charge is 0.243 e. The predicted octanol–water partition coefficient (Wildman–Crippen LogP) is 5.13. The number of unbranched alkanes of at least 4 members (excludes halogenated alkanes) is 2. The molecule has 3 N–H and O–H groups in total. The van der Waals surface area contributed by atoms with Gasteiger partial charge < -0.3 is 5.11 Å². The largest absolute Gasteiger partial charge is 0.507 e. The quantitative estimate of drug-likeness (QED) is 0.295. The molecule has 0 saturated carbocycles. The molecule has 0 aromatic heterocycles. The van der Waals surface area contributed by atoms with Gasteiger partial charge >= 0.3 is 0 Å². The Hall–Kier alpha value is -2.85. The summed E-state index contributed by atoms with van der Waals surface area (Å²) >= 11 is 0. The Morgan fingerprint density at radius 1 is 0.889 bits per heavy atom. The standard InChI is InChI=1S/C23H25NO3/c25-22(24-27)14-6-2-5-12-19(17-9-3-1-4-10-17)21-16-15-18-11-7-8-13-20(18)23(21)26/h1,3-4,7-11,13,15-16,19,26-27H,2,5-6,12,14H2,(H,24,25). The Morgan fingerprint density at radius 2 is 1.63 bits per heavy atom. The third-order valence-corrected chi connectivity index (χ3v) is 5.03. The van der Waals surface area contributed by atoms with Crippen LogP contribution in [0, 0.1) is 0 Å². The van der Waals surface area contributed by atoms with Crippen LogP contribution in [0.1, 0.15) is 49.1 Å². The van der Waals surface area contributed by atoms with Crippen molar-refractivity contribution in [2.24, 2.45) is 0 Å². The summed E-state index contributed by atoms with van der Waals surface area (Å²) in [6.07, 6.45) is 3.78. The van der Waals surface area contributed by atoms with Crippen molar-refractivity contribution in [3.05, 3.63) is 77.9 Å². The van der Waals surface area contributed by atoms with E-state index in [1.54, 1.807) is 5.48 Å². The van der Waals surface area contributed by atoms with Crippen molar-refractivity contribution < 1.29 is 15.1 Å². The van der Waals surface area contributed by atoms with E-state index < -0.39 is 0 Å². The first-order valence-electron chi connectivity index (χ1n) is 9.39. The molecule has 4 nitrogen and oxygen atoms in total.